The van der Waals surface area contributed by atoms with Crippen molar-refractivity contribution in [2.45, 2.75) is 58.5 Å². The largest absolute Gasteiger partial charge is 0.489 e. The smallest absolute Gasteiger partial charge is 0.123 e. The average molecular weight is 218 g/mol. The molecule has 2 rings (SSSR count). The van der Waals surface area contributed by atoms with E-state index in [9.17, 15) is 0 Å². The molecule has 0 N–H and O–H groups in total. The lowest BCUT2D eigenvalue weighted by molar-refractivity contribution is 0.185. The highest BCUT2D eigenvalue weighted by atomic mass is 16.5. The van der Waals surface area contributed by atoms with Crippen LogP contribution in [0, 0.1) is 0 Å². The second-order valence-electron chi connectivity index (χ2n) is 6.44. The van der Waals surface area contributed by atoms with Gasteiger partial charge in [-0.3, -0.25) is 0 Å². The van der Waals surface area contributed by atoms with E-state index in [-0.39, 0.29) is 16.9 Å². The van der Waals surface area contributed by atoms with Crippen molar-refractivity contribution in [1.82, 2.24) is 0 Å². The Balaban J connectivity index is 2.49. The van der Waals surface area contributed by atoms with Gasteiger partial charge in [0.05, 0.1) is 0 Å². The number of rotatable bonds is 0. The summed E-state index contributed by atoms with van der Waals surface area (Å²) in [6, 6.07) is 6.68. The first kappa shape index (κ1) is 11.5. The third-order valence-electron chi connectivity index (χ3n) is 3.86. The van der Waals surface area contributed by atoms with Crippen LogP contribution >= 0.6 is 0 Å². The third kappa shape index (κ3) is 1.63. The standard InChI is InChI=1S/C15H22O/c1-10-15(5,6)12-8-7-11(14(2,3)4)9-13(12)16-10/h7-10H,1-6H3. The Kier molecular flexibility index (Phi) is 2.34. The molecule has 1 unspecified atom stereocenters. The van der Waals surface area contributed by atoms with Gasteiger partial charge < -0.3 is 4.74 Å². The molecule has 1 aromatic carbocycles. The molecule has 0 fully saturated rings. The molecule has 1 atom stereocenters. The van der Waals surface area contributed by atoms with Crippen molar-refractivity contribution in [3.05, 3.63) is 29.3 Å². The van der Waals surface area contributed by atoms with Gasteiger partial charge in [-0.2, -0.15) is 0 Å². The number of benzene rings is 1. The zero-order valence-corrected chi connectivity index (χ0v) is 11.2. The fourth-order valence-corrected chi connectivity index (χ4v) is 2.18. The van der Waals surface area contributed by atoms with Crippen LogP contribution in [0.5, 0.6) is 5.75 Å². The molecule has 0 aromatic heterocycles. The molecule has 0 aliphatic carbocycles. The minimum Gasteiger partial charge on any atom is -0.489 e. The minimum atomic E-state index is 0.131. The Morgan fingerprint density at radius 3 is 2.38 bits per heavy atom. The van der Waals surface area contributed by atoms with Crippen molar-refractivity contribution in [3.8, 4) is 5.75 Å². The van der Waals surface area contributed by atoms with Gasteiger partial charge >= 0.3 is 0 Å². The fourth-order valence-electron chi connectivity index (χ4n) is 2.18. The highest BCUT2D eigenvalue weighted by Crippen LogP contribution is 2.44. The SMILES string of the molecule is CC1Oc2cc(C(C)(C)C)ccc2C1(C)C. The summed E-state index contributed by atoms with van der Waals surface area (Å²) in [6.07, 6.45) is 0.262. The molecule has 1 aromatic rings. The topological polar surface area (TPSA) is 9.23 Å². The molecule has 1 nitrogen and oxygen atoms in total. The van der Waals surface area contributed by atoms with Gasteiger partial charge in [0.25, 0.3) is 0 Å². The van der Waals surface area contributed by atoms with E-state index < -0.39 is 0 Å². The molecule has 1 aliphatic heterocycles. The monoisotopic (exact) mass is 218 g/mol. The van der Waals surface area contributed by atoms with Crippen molar-refractivity contribution in [1.29, 1.82) is 0 Å². The van der Waals surface area contributed by atoms with Crippen molar-refractivity contribution in [3.63, 3.8) is 0 Å². The van der Waals surface area contributed by atoms with Gasteiger partial charge in [-0.05, 0) is 24.0 Å². The van der Waals surface area contributed by atoms with Crippen molar-refractivity contribution in [2.24, 2.45) is 0 Å². The van der Waals surface area contributed by atoms with Gasteiger partial charge in [-0.1, -0.05) is 46.8 Å². The van der Waals surface area contributed by atoms with Crippen LogP contribution in [-0.4, -0.2) is 6.10 Å². The molecule has 0 amide bonds. The average Bonchev–Trinajstić information content (AvgIpc) is 2.36. The van der Waals surface area contributed by atoms with Crippen LogP contribution in [0.15, 0.2) is 18.2 Å². The Labute approximate surface area is 98.8 Å². The van der Waals surface area contributed by atoms with Crippen LogP contribution in [0.25, 0.3) is 0 Å². The lowest BCUT2D eigenvalue weighted by Gasteiger charge is -2.22. The lowest BCUT2D eigenvalue weighted by atomic mass is 9.79. The number of ether oxygens (including phenoxy) is 1. The maximum atomic E-state index is 5.96. The lowest BCUT2D eigenvalue weighted by Crippen LogP contribution is -2.28. The first-order valence-corrected chi connectivity index (χ1v) is 6.04. The summed E-state index contributed by atoms with van der Waals surface area (Å²) in [7, 11) is 0. The Hall–Kier alpha value is -0.980. The van der Waals surface area contributed by atoms with Gasteiger partial charge in [0, 0.05) is 11.0 Å². The summed E-state index contributed by atoms with van der Waals surface area (Å²) in [5, 5.41) is 0. The molecular weight excluding hydrogens is 196 g/mol. The molecule has 1 heterocycles. The highest BCUT2D eigenvalue weighted by molar-refractivity contribution is 5.47. The Morgan fingerprint density at radius 2 is 1.81 bits per heavy atom. The summed E-state index contributed by atoms with van der Waals surface area (Å²) < 4.78 is 5.96. The third-order valence-corrected chi connectivity index (χ3v) is 3.86. The van der Waals surface area contributed by atoms with Crippen molar-refractivity contribution < 1.29 is 4.74 Å². The maximum Gasteiger partial charge on any atom is 0.123 e. The normalized spacial score (nSPS) is 22.8. The van der Waals surface area contributed by atoms with Crippen LogP contribution in [0.4, 0.5) is 0 Å². The van der Waals surface area contributed by atoms with Gasteiger partial charge in [0.1, 0.15) is 11.9 Å². The van der Waals surface area contributed by atoms with Crippen LogP contribution in [0.1, 0.15) is 52.7 Å². The molecule has 0 saturated carbocycles. The van der Waals surface area contributed by atoms with Gasteiger partial charge in [-0.15, -0.1) is 0 Å². The predicted molar refractivity (Wildman–Crippen MR) is 68.3 cm³/mol. The van der Waals surface area contributed by atoms with E-state index in [2.05, 4.69) is 59.7 Å². The van der Waals surface area contributed by atoms with Gasteiger partial charge in [-0.25, -0.2) is 0 Å². The molecule has 1 heteroatoms. The molecule has 0 saturated heterocycles. The van der Waals surface area contributed by atoms with Crippen molar-refractivity contribution in [2.75, 3.05) is 0 Å². The number of fused-ring (bicyclic) bond motifs is 1. The summed E-state index contributed by atoms with van der Waals surface area (Å²) >= 11 is 0. The van der Waals surface area contributed by atoms with E-state index in [1.165, 1.54) is 11.1 Å². The first-order valence-electron chi connectivity index (χ1n) is 6.04. The van der Waals surface area contributed by atoms with E-state index in [0.717, 1.165) is 5.75 Å². The summed E-state index contributed by atoms with van der Waals surface area (Å²) in [5.74, 6) is 1.07. The number of hydrogen-bond donors (Lipinski definition) is 0. The molecule has 88 valence electrons. The molecule has 0 spiro atoms. The van der Waals surface area contributed by atoms with E-state index in [1.807, 2.05) is 0 Å². The number of hydrogen-bond acceptors (Lipinski definition) is 1. The van der Waals surface area contributed by atoms with E-state index in [1.54, 1.807) is 0 Å². The van der Waals surface area contributed by atoms with E-state index >= 15 is 0 Å². The first-order chi connectivity index (χ1) is 7.23. The molecule has 0 radical (unpaired) electrons. The summed E-state index contributed by atoms with van der Waals surface area (Å²) in [4.78, 5) is 0. The quantitative estimate of drug-likeness (QED) is 0.638. The van der Waals surface area contributed by atoms with Crippen molar-refractivity contribution >= 4 is 0 Å². The Bertz CT molecular complexity index is 410. The second kappa shape index (κ2) is 3.26. The highest BCUT2D eigenvalue weighted by Gasteiger charge is 2.38. The minimum absolute atomic E-state index is 0.131. The van der Waals surface area contributed by atoms with Crippen LogP contribution < -0.4 is 4.74 Å². The van der Waals surface area contributed by atoms with Crippen LogP contribution in [0.2, 0.25) is 0 Å². The summed E-state index contributed by atoms with van der Waals surface area (Å²) in [5.41, 5.74) is 3.00. The zero-order chi connectivity index (χ0) is 12.1. The van der Waals surface area contributed by atoms with Gasteiger partial charge in [0.2, 0.25) is 0 Å². The van der Waals surface area contributed by atoms with E-state index in [0.29, 0.717) is 0 Å². The van der Waals surface area contributed by atoms with E-state index in [4.69, 9.17) is 4.74 Å². The fraction of sp³-hybridized carbons (Fsp3) is 0.600. The molecule has 16 heavy (non-hydrogen) atoms. The molecule has 1 aliphatic rings. The zero-order valence-electron chi connectivity index (χ0n) is 11.2. The second-order valence-corrected chi connectivity index (χ2v) is 6.44. The maximum absolute atomic E-state index is 5.96. The Morgan fingerprint density at radius 1 is 1.19 bits per heavy atom. The van der Waals surface area contributed by atoms with Gasteiger partial charge in [0.15, 0.2) is 0 Å². The molecule has 0 bridgehead atoms. The predicted octanol–water partition coefficient (Wildman–Crippen LogP) is 4.04. The molecular formula is C15H22O. The van der Waals surface area contributed by atoms with Crippen LogP contribution in [-0.2, 0) is 10.8 Å². The van der Waals surface area contributed by atoms with Crippen LogP contribution in [0.3, 0.4) is 0 Å². The summed E-state index contributed by atoms with van der Waals surface area (Å²) in [6.45, 7) is 13.4.